The van der Waals surface area contributed by atoms with Crippen molar-refractivity contribution in [1.29, 1.82) is 0 Å². The average Bonchev–Trinajstić information content (AvgIpc) is 2.73. The fourth-order valence-electron chi connectivity index (χ4n) is 3.79. The van der Waals surface area contributed by atoms with Crippen molar-refractivity contribution in [2.45, 2.75) is 43.0 Å². The predicted molar refractivity (Wildman–Crippen MR) is 119 cm³/mol. The Labute approximate surface area is 180 Å². The molecule has 1 heterocycles. The van der Waals surface area contributed by atoms with E-state index in [1.54, 1.807) is 17.0 Å². The molecule has 0 bridgehead atoms. The Balaban J connectivity index is 1.57. The predicted octanol–water partition coefficient (Wildman–Crippen LogP) is 5.27. The van der Waals surface area contributed by atoms with Gasteiger partial charge in [-0.3, -0.25) is 14.5 Å². The van der Waals surface area contributed by atoms with Crippen LogP contribution in [0.2, 0.25) is 5.02 Å². The summed E-state index contributed by atoms with van der Waals surface area (Å²) in [7, 11) is 0. The number of hydrogen-bond donors (Lipinski definition) is 1. The minimum Gasteiger partial charge on any atom is -0.352 e. The zero-order chi connectivity index (χ0) is 20.2. The number of hydrogen-bond acceptors (Lipinski definition) is 3. The van der Waals surface area contributed by atoms with E-state index in [9.17, 15) is 9.59 Å². The van der Waals surface area contributed by atoms with E-state index in [-0.39, 0.29) is 24.4 Å². The number of carbonyl (C=O) groups excluding carboxylic acids is 2. The van der Waals surface area contributed by atoms with Crippen LogP contribution in [-0.4, -0.2) is 24.4 Å². The molecular formula is C23H23ClN2O2S. The van der Waals surface area contributed by atoms with Crippen LogP contribution in [0, 0.1) is 0 Å². The highest BCUT2D eigenvalue weighted by molar-refractivity contribution is 8.04. The second-order valence-corrected chi connectivity index (χ2v) is 8.94. The lowest BCUT2D eigenvalue weighted by Gasteiger charge is -2.31. The summed E-state index contributed by atoms with van der Waals surface area (Å²) in [5.74, 6) is -0.250. The summed E-state index contributed by atoms with van der Waals surface area (Å²) in [5.41, 5.74) is 1.69. The summed E-state index contributed by atoms with van der Waals surface area (Å²) < 4.78 is 0. The monoisotopic (exact) mass is 426 g/mol. The number of amides is 2. The van der Waals surface area contributed by atoms with Gasteiger partial charge >= 0.3 is 0 Å². The van der Waals surface area contributed by atoms with Crippen molar-refractivity contribution < 1.29 is 9.59 Å². The number of thioether (sulfide) groups is 1. The van der Waals surface area contributed by atoms with E-state index in [1.807, 2.05) is 42.5 Å². The van der Waals surface area contributed by atoms with E-state index in [0.717, 1.165) is 41.8 Å². The van der Waals surface area contributed by atoms with Crippen molar-refractivity contribution in [2.24, 2.45) is 0 Å². The van der Waals surface area contributed by atoms with E-state index >= 15 is 0 Å². The molecular weight excluding hydrogens is 404 g/mol. The molecule has 150 valence electrons. The fourth-order valence-corrected chi connectivity index (χ4v) is 4.98. The maximum atomic E-state index is 13.2. The standard InChI is InChI=1S/C23H23ClN2O2S/c24-17-12-10-16(11-13-17)14-21-23(28)26(19-8-4-5-9-20(19)29-21)15-22(27)25-18-6-2-1-3-7-18/h4-5,8-14,18H,1-3,6-7,15H2,(H,25,27)/b21-14+. The van der Waals surface area contributed by atoms with Gasteiger partial charge in [-0.2, -0.15) is 0 Å². The van der Waals surface area contributed by atoms with E-state index in [0.29, 0.717) is 9.93 Å². The maximum Gasteiger partial charge on any atom is 0.265 e. The van der Waals surface area contributed by atoms with Crippen LogP contribution in [0.5, 0.6) is 0 Å². The first kappa shape index (κ1) is 20.0. The molecule has 0 aromatic heterocycles. The lowest BCUT2D eigenvalue weighted by Crippen LogP contribution is -2.46. The first-order chi connectivity index (χ1) is 14.1. The third-order valence-electron chi connectivity index (χ3n) is 5.27. The number of para-hydroxylation sites is 1. The number of nitrogens with zero attached hydrogens (tertiary/aromatic N) is 1. The van der Waals surface area contributed by atoms with Crippen LogP contribution in [0.1, 0.15) is 37.7 Å². The SMILES string of the molecule is O=C(CN1C(=O)/C(=C\c2ccc(Cl)cc2)Sc2ccccc21)NC1CCCCC1. The number of rotatable bonds is 4. The molecule has 1 aliphatic carbocycles. The Hall–Kier alpha value is -2.24. The molecule has 1 saturated carbocycles. The van der Waals surface area contributed by atoms with Crippen molar-refractivity contribution in [3.05, 3.63) is 64.0 Å². The third-order valence-corrected chi connectivity index (χ3v) is 6.60. The largest absolute Gasteiger partial charge is 0.352 e. The first-order valence-electron chi connectivity index (χ1n) is 9.95. The van der Waals surface area contributed by atoms with Crippen LogP contribution in [0.4, 0.5) is 5.69 Å². The van der Waals surface area contributed by atoms with Crippen molar-refractivity contribution >= 4 is 46.9 Å². The molecule has 0 spiro atoms. The van der Waals surface area contributed by atoms with Crippen LogP contribution in [-0.2, 0) is 9.59 Å². The molecule has 6 heteroatoms. The molecule has 29 heavy (non-hydrogen) atoms. The van der Waals surface area contributed by atoms with Gasteiger partial charge in [0.2, 0.25) is 5.91 Å². The zero-order valence-corrected chi connectivity index (χ0v) is 17.6. The van der Waals surface area contributed by atoms with E-state index in [4.69, 9.17) is 11.6 Å². The van der Waals surface area contributed by atoms with Gasteiger partial charge < -0.3 is 5.32 Å². The van der Waals surface area contributed by atoms with Gasteiger partial charge in [0, 0.05) is 16.0 Å². The summed E-state index contributed by atoms with van der Waals surface area (Å²) in [6.07, 6.45) is 7.44. The first-order valence-corrected chi connectivity index (χ1v) is 11.1. The quantitative estimate of drug-likeness (QED) is 0.677. The van der Waals surface area contributed by atoms with Gasteiger partial charge in [-0.25, -0.2) is 0 Å². The third kappa shape index (κ3) is 4.85. The van der Waals surface area contributed by atoms with E-state index in [1.165, 1.54) is 18.2 Å². The Morgan fingerprint density at radius 3 is 2.59 bits per heavy atom. The van der Waals surface area contributed by atoms with Crippen molar-refractivity contribution in [2.75, 3.05) is 11.4 Å². The number of carbonyl (C=O) groups is 2. The van der Waals surface area contributed by atoms with Gasteiger partial charge in [0.15, 0.2) is 0 Å². The van der Waals surface area contributed by atoms with Gasteiger partial charge in [-0.1, -0.05) is 66.9 Å². The van der Waals surface area contributed by atoms with Crippen LogP contribution >= 0.6 is 23.4 Å². The molecule has 2 aromatic rings. The number of fused-ring (bicyclic) bond motifs is 1. The highest BCUT2D eigenvalue weighted by Crippen LogP contribution is 2.41. The van der Waals surface area contributed by atoms with Crippen LogP contribution in [0.3, 0.4) is 0 Å². The molecule has 4 nitrogen and oxygen atoms in total. The molecule has 2 aliphatic rings. The summed E-state index contributed by atoms with van der Waals surface area (Å²) in [6, 6.07) is 15.3. The molecule has 0 unspecified atom stereocenters. The summed E-state index contributed by atoms with van der Waals surface area (Å²) in [4.78, 5) is 29.1. The average molecular weight is 427 g/mol. The Morgan fingerprint density at radius 1 is 1.10 bits per heavy atom. The Kier molecular flexibility index (Phi) is 6.26. The van der Waals surface area contributed by atoms with Crippen LogP contribution < -0.4 is 10.2 Å². The molecule has 2 aromatic carbocycles. The van der Waals surface area contributed by atoms with Crippen molar-refractivity contribution in [3.63, 3.8) is 0 Å². The number of anilines is 1. The van der Waals surface area contributed by atoms with Crippen LogP contribution in [0.25, 0.3) is 6.08 Å². The minimum atomic E-state index is -0.151. The fraction of sp³-hybridized carbons (Fsp3) is 0.304. The minimum absolute atomic E-state index is 0.0326. The van der Waals surface area contributed by atoms with Gasteiger partial charge in [-0.15, -0.1) is 0 Å². The molecule has 0 atom stereocenters. The lowest BCUT2D eigenvalue weighted by molar-refractivity contribution is -0.123. The van der Waals surface area contributed by atoms with E-state index in [2.05, 4.69) is 5.32 Å². The normalized spacial score (nSPS) is 18.6. The molecule has 1 fully saturated rings. The van der Waals surface area contributed by atoms with Gasteiger partial charge in [0.05, 0.1) is 10.6 Å². The Bertz CT molecular complexity index is 936. The van der Waals surface area contributed by atoms with Crippen molar-refractivity contribution in [1.82, 2.24) is 5.32 Å². The van der Waals surface area contributed by atoms with Gasteiger partial charge in [0.25, 0.3) is 5.91 Å². The van der Waals surface area contributed by atoms with Gasteiger partial charge in [0.1, 0.15) is 6.54 Å². The summed E-state index contributed by atoms with van der Waals surface area (Å²) >= 11 is 7.40. The highest BCUT2D eigenvalue weighted by atomic mass is 35.5. The van der Waals surface area contributed by atoms with Crippen LogP contribution in [0.15, 0.2) is 58.3 Å². The maximum absolute atomic E-state index is 13.2. The van der Waals surface area contributed by atoms with E-state index < -0.39 is 0 Å². The highest BCUT2D eigenvalue weighted by Gasteiger charge is 2.31. The molecule has 0 saturated heterocycles. The molecule has 1 N–H and O–H groups in total. The van der Waals surface area contributed by atoms with Crippen molar-refractivity contribution in [3.8, 4) is 0 Å². The molecule has 1 aliphatic heterocycles. The van der Waals surface area contributed by atoms with Gasteiger partial charge in [-0.05, 0) is 48.7 Å². The molecule has 0 radical (unpaired) electrons. The number of nitrogens with one attached hydrogen (secondary N) is 1. The number of benzene rings is 2. The zero-order valence-electron chi connectivity index (χ0n) is 16.1. The molecule has 4 rings (SSSR count). The molecule has 2 amide bonds. The second-order valence-electron chi connectivity index (χ2n) is 7.42. The Morgan fingerprint density at radius 2 is 1.83 bits per heavy atom. The summed E-state index contributed by atoms with van der Waals surface area (Å²) in [5, 5.41) is 3.77. The summed E-state index contributed by atoms with van der Waals surface area (Å²) in [6.45, 7) is 0.0326. The topological polar surface area (TPSA) is 49.4 Å². The smallest absolute Gasteiger partial charge is 0.265 e. The lowest BCUT2D eigenvalue weighted by atomic mass is 9.95. The second kappa shape index (κ2) is 9.06. The number of halogens is 1.